The van der Waals surface area contributed by atoms with Crippen molar-refractivity contribution in [3.63, 3.8) is 0 Å². The van der Waals surface area contributed by atoms with Crippen LogP contribution in [0, 0.1) is 0 Å². The second kappa shape index (κ2) is 9.79. The minimum atomic E-state index is -0.541. The summed E-state index contributed by atoms with van der Waals surface area (Å²) >= 11 is 1.30. The highest BCUT2D eigenvalue weighted by Gasteiger charge is 2.17. The molecule has 0 saturated carbocycles. The van der Waals surface area contributed by atoms with Gasteiger partial charge in [0.1, 0.15) is 6.61 Å². The Morgan fingerprint density at radius 2 is 2.04 bits per heavy atom. The fourth-order valence-electron chi connectivity index (χ4n) is 2.09. The molecule has 1 amide bonds. The Morgan fingerprint density at radius 1 is 1.25 bits per heavy atom. The quantitative estimate of drug-likeness (QED) is 0.537. The van der Waals surface area contributed by atoms with Gasteiger partial charge in [-0.1, -0.05) is 30.3 Å². The van der Waals surface area contributed by atoms with Gasteiger partial charge in [0.05, 0.1) is 6.04 Å². The number of hydrogen-bond donors (Lipinski definition) is 2. The highest BCUT2D eigenvalue weighted by molar-refractivity contribution is 7.11. The van der Waals surface area contributed by atoms with E-state index in [1.807, 2.05) is 30.3 Å². The van der Waals surface area contributed by atoms with Crippen LogP contribution in [-0.4, -0.2) is 29.4 Å². The third-order valence-electron chi connectivity index (χ3n) is 3.40. The lowest BCUT2D eigenvalue weighted by atomic mass is 10.1. The molecule has 0 aliphatic carbocycles. The number of ether oxygens (including phenoxy) is 1. The van der Waals surface area contributed by atoms with E-state index in [1.54, 1.807) is 11.6 Å². The zero-order chi connectivity index (χ0) is 17.2. The first-order valence-electron chi connectivity index (χ1n) is 7.80. The summed E-state index contributed by atoms with van der Waals surface area (Å²) in [6.45, 7) is 0.742. The van der Waals surface area contributed by atoms with Crippen molar-refractivity contribution >= 4 is 23.2 Å². The number of benzene rings is 1. The standard InChI is InChI=1S/C17H21N3O3S/c18-14(15(21)16-19-10-11-24-16)8-4-5-9-20-17(22)23-12-13-6-2-1-3-7-13/h1-3,6-7,10-11,14H,4-5,8-9,12,18H2,(H,20,22)/t14-/m0/s1. The summed E-state index contributed by atoms with van der Waals surface area (Å²) in [5.74, 6) is -0.125. The molecule has 7 heteroatoms. The highest BCUT2D eigenvalue weighted by atomic mass is 32.1. The number of thiazole rings is 1. The van der Waals surface area contributed by atoms with Crippen LogP contribution in [0.25, 0.3) is 0 Å². The molecule has 128 valence electrons. The molecule has 0 saturated heterocycles. The van der Waals surface area contributed by atoms with Crippen LogP contribution in [0.3, 0.4) is 0 Å². The monoisotopic (exact) mass is 347 g/mol. The topological polar surface area (TPSA) is 94.3 Å². The molecule has 1 atom stereocenters. The molecule has 1 heterocycles. The third kappa shape index (κ3) is 6.10. The Hall–Kier alpha value is -2.25. The molecule has 2 aromatic rings. The van der Waals surface area contributed by atoms with E-state index in [2.05, 4.69) is 10.3 Å². The van der Waals surface area contributed by atoms with Gasteiger partial charge in [-0.3, -0.25) is 4.79 Å². The summed E-state index contributed by atoms with van der Waals surface area (Å²) in [5, 5.41) is 4.89. The van der Waals surface area contributed by atoms with Crippen LogP contribution in [0.5, 0.6) is 0 Å². The molecule has 1 aromatic heterocycles. The van der Waals surface area contributed by atoms with Crippen molar-refractivity contribution in [2.24, 2.45) is 5.73 Å². The number of alkyl carbamates (subject to hydrolysis) is 1. The van der Waals surface area contributed by atoms with Crippen molar-refractivity contribution in [2.75, 3.05) is 6.54 Å². The van der Waals surface area contributed by atoms with Crippen LogP contribution in [0.15, 0.2) is 41.9 Å². The third-order valence-corrected chi connectivity index (χ3v) is 4.19. The number of carbonyl (C=O) groups excluding carboxylic acids is 2. The van der Waals surface area contributed by atoms with E-state index in [1.165, 1.54) is 11.3 Å². The number of rotatable bonds is 9. The van der Waals surface area contributed by atoms with Gasteiger partial charge in [0, 0.05) is 18.1 Å². The van der Waals surface area contributed by atoms with Gasteiger partial charge in [0.25, 0.3) is 0 Å². The lowest BCUT2D eigenvalue weighted by Crippen LogP contribution is -2.31. The smallest absolute Gasteiger partial charge is 0.407 e. The lowest BCUT2D eigenvalue weighted by molar-refractivity contribution is 0.0955. The second-order valence-electron chi connectivity index (χ2n) is 5.29. The number of nitrogens with one attached hydrogen (secondary N) is 1. The minimum Gasteiger partial charge on any atom is -0.445 e. The molecule has 0 unspecified atom stereocenters. The van der Waals surface area contributed by atoms with E-state index in [9.17, 15) is 9.59 Å². The van der Waals surface area contributed by atoms with E-state index in [0.29, 0.717) is 18.0 Å². The van der Waals surface area contributed by atoms with Gasteiger partial charge in [0.2, 0.25) is 5.78 Å². The van der Waals surface area contributed by atoms with Crippen molar-refractivity contribution < 1.29 is 14.3 Å². The van der Waals surface area contributed by atoms with E-state index in [-0.39, 0.29) is 12.4 Å². The fourth-order valence-corrected chi connectivity index (χ4v) is 2.73. The van der Waals surface area contributed by atoms with Gasteiger partial charge in [-0.2, -0.15) is 0 Å². The van der Waals surface area contributed by atoms with Crippen LogP contribution >= 0.6 is 11.3 Å². The molecule has 1 aromatic carbocycles. The molecule has 0 aliphatic heterocycles. The molecular weight excluding hydrogens is 326 g/mol. The van der Waals surface area contributed by atoms with Crippen molar-refractivity contribution in [1.29, 1.82) is 0 Å². The Morgan fingerprint density at radius 3 is 2.75 bits per heavy atom. The number of carbonyl (C=O) groups is 2. The van der Waals surface area contributed by atoms with Crippen LogP contribution in [0.1, 0.15) is 34.6 Å². The first-order chi connectivity index (χ1) is 11.7. The molecule has 0 aliphatic rings. The molecule has 6 nitrogen and oxygen atoms in total. The Balaban J connectivity index is 1.54. The predicted molar refractivity (Wildman–Crippen MR) is 92.9 cm³/mol. The average molecular weight is 347 g/mol. The van der Waals surface area contributed by atoms with Crippen LogP contribution in [0.2, 0.25) is 0 Å². The van der Waals surface area contributed by atoms with Gasteiger partial charge in [-0.05, 0) is 24.8 Å². The summed E-state index contributed by atoms with van der Waals surface area (Å²) in [6, 6.07) is 8.95. The summed E-state index contributed by atoms with van der Waals surface area (Å²) in [5.41, 5.74) is 6.81. The Labute approximate surface area is 145 Å². The number of Topliss-reactive ketones (excluding diaryl/α,β-unsaturated/α-hetero) is 1. The van der Waals surface area contributed by atoms with Gasteiger partial charge in [-0.15, -0.1) is 11.3 Å². The van der Waals surface area contributed by atoms with Crippen molar-refractivity contribution in [3.05, 3.63) is 52.5 Å². The maximum atomic E-state index is 11.9. The van der Waals surface area contributed by atoms with Crippen molar-refractivity contribution in [3.8, 4) is 0 Å². The average Bonchev–Trinajstić information content (AvgIpc) is 3.14. The van der Waals surface area contributed by atoms with E-state index >= 15 is 0 Å². The number of hydrogen-bond acceptors (Lipinski definition) is 6. The summed E-state index contributed by atoms with van der Waals surface area (Å²) in [6.07, 6.45) is 3.20. The number of nitrogens with zero attached hydrogens (tertiary/aromatic N) is 1. The van der Waals surface area contributed by atoms with Crippen molar-refractivity contribution in [1.82, 2.24) is 10.3 Å². The maximum Gasteiger partial charge on any atom is 0.407 e. The van der Waals surface area contributed by atoms with Gasteiger partial charge in [0.15, 0.2) is 5.01 Å². The van der Waals surface area contributed by atoms with Gasteiger partial charge in [-0.25, -0.2) is 9.78 Å². The van der Waals surface area contributed by atoms with E-state index < -0.39 is 12.1 Å². The van der Waals surface area contributed by atoms with E-state index in [4.69, 9.17) is 10.5 Å². The number of aromatic nitrogens is 1. The van der Waals surface area contributed by atoms with Gasteiger partial charge >= 0.3 is 6.09 Å². The number of ketones is 1. The lowest BCUT2D eigenvalue weighted by Gasteiger charge is -2.09. The molecule has 0 bridgehead atoms. The molecule has 24 heavy (non-hydrogen) atoms. The van der Waals surface area contributed by atoms with Crippen LogP contribution in [0.4, 0.5) is 4.79 Å². The first-order valence-corrected chi connectivity index (χ1v) is 8.68. The Kier molecular flexibility index (Phi) is 7.38. The summed E-state index contributed by atoms with van der Waals surface area (Å²) in [7, 11) is 0. The fraction of sp³-hybridized carbons (Fsp3) is 0.353. The number of nitrogens with two attached hydrogens (primary N) is 1. The highest BCUT2D eigenvalue weighted by Crippen LogP contribution is 2.10. The van der Waals surface area contributed by atoms with Crippen molar-refractivity contribution in [2.45, 2.75) is 31.9 Å². The first kappa shape index (κ1) is 18.1. The normalized spacial score (nSPS) is 11.7. The largest absolute Gasteiger partial charge is 0.445 e. The zero-order valence-electron chi connectivity index (χ0n) is 13.3. The SMILES string of the molecule is N[C@@H](CCCCNC(=O)OCc1ccccc1)C(=O)c1nccs1. The molecular formula is C17H21N3O3S. The molecule has 2 rings (SSSR count). The van der Waals surface area contributed by atoms with Crippen LogP contribution < -0.4 is 11.1 Å². The maximum absolute atomic E-state index is 11.9. The second-order valence-corrected chi connectivity index (χ2v) is 6.19. The van der Waals surface area contributed by atoms with E-state index in [0.717, 1.165) is 18.4 Å². The van der Waals surface area contributed by atoms with Gasteiger partial charge < -0.3 is 15.8 Å². The Bertz CT molecular complexity index is 632. The molecule has 0 fully saturated rings. The predicted octanol–water partition coefficient (Wildman–Crippen LogP) is 2.75. The summed E-state index contributed by atoms with van der Waals surface area (Å²) < 4.78 is 5.11. The van der Waals surface area contributed by atoms with Crippen LogP contribution in [-0.2, 0) is 11.3 Å². The number of unbranched alkanes of at least 4 members (excludes halogenated alkanes) is 1. The molecule has 3 N–H and O–H groups in total. The minimum absolute atomic E-state index is 0.125. The molecule has 0 radical (unpaired) electrons. The summed E-state index contributed by atoms with van der Waals surface area (Å²) in [4.78, 5) is 27.5. The number of amides is 1. The zero-order valence-corrected chi connectivity index (χ0v) is 14.1. The molecule has 0 spiro atoms.